The summed E-state index contributed by atoms with van der Waals surface area (Å²) in [7, 11) is 0. The van der Waals surface area contributed by atoms with E-state index in [0.29, 0.717) is 19.4 Å². The molecule has 3 N–H and O–H groups in total. The Hall–Kier alpha value is -1.92. The number of amides is 1. The Labute approximate surface area is 474 Å². The molecular weight excluding hydrogens is 935 g/mol. The molecule has 76 heavy (non-hydrogen) atoms. The van der Waals surface area contributed by atoms with Gasteiger partial charge in [0.05, 0.1) is 25.4 Å². The molecule has 6 nitrogen and oxygen atoms in total. The SMILES string of the molecule is CCC/C=C\C/C=C\CCCCCCCC(=O)OCCCCCCCCCCCCCCCCCCCCCCCCCCCCCCCCCC(=O)NC(CO)C(O)/C=C/CCCCCCCCCCCCCCC. The smallest absolute Gasteiger partial charge is 0.305 e. The zero-order chi connectivity index (χ0) is 55.0. The number of unbranched alkanes of at least 4 members (excludes halogenated alkanes) is 49. The first-order chi connectivity index (χ1) is 37.5. The van der Waals surface area contributed by atoms with Crippen LogP contribution in [0.25, 0.3) is 0 Å². The second kappa shape index (κ2) is 65.6. The minimum absolute atomic E-state index is 0.00510. The molecular formula is C70H133NO5. The van der Waals surface area contributed by atoms with Gasteiger partial charge in [0.1, 0.15) is 0 Å². The molecule has 2 atom stereocenters. The van der Waals surface area contributed by atoms with Crippen molar-refractivity contribution in [3.8, 4) is 0 Å². The van der Waals surface area contributed by atoms with Gasteiger partial charge in [0, 0.05) is 12.8 Å². The third-order valence-electron chi connectivity index (χ3n) is 15.9. The zero-order valence-electron chi connectivity index (χ0n) is 51.3. The number of esters is 1. The molecule has 0 saturated carbocycles. The summed E-state index contributed by atoms with van der Waals surface area (Å²) in [5, 5.41) is 23.2. The first-order valence-electron chi connectivity index (χ1n) is 34.3. The molecule has 2 unspecified atom stereocenters. The maximum absolute atomic E-state index is 12.5. The number of nitrogens with one attached hydrogen (secondary N) is 1. The topological polar surface area (TPSA) is 95.9 Å². The quantitative estimate of drug-likeness (QED) is 0.0320. The lowest BCUT2D eigenvalue weighted by atomic mass is 10.0. The highest BCUT2D eigenvalue weighted by Gasteiger charge is 2.18. The monoisotopic (exact) mass is 1070 g/mol. The van der Waals surface area contributed by atoms with Gasteiger partial charge in [-0.2, -0.15) is 0 Å². The van der Waals surface area contributed by atoms with Gasteiger partial charge < -0.3 is 20.3 Å². The third kappa shape index (κ3) is 61.3. The van der Waals surface area contributed by atoms with Gasteiger partial charge in [-0.05, 0) is 57.8 Å². The molecule has 0 aromatic rings. The number of carbonyl (C=O) groups excluding carboxylic acids is 2. The molecule has 0 aliphatic carbocycles. The van der Waals surface area contributed by atoms with Gasteiger partial charge in [-0.15, -0.1) is 0 Å². The van der Waals surface area contributed by atoms with Crippen molar-refractivity contribution in [3.63, 3.8) is 0 Å². The Balaban J connectivity index is 3.34. The highest BCUT2D eigenvalue weighted by Crippen LogP contribution is 2.19. The van der Waals surface area contributed by atoms with E-state index in [2.05, 4.69) is 43.5 Å². The van der Waals surface area contributed by atoms with E-state index in [1.807, 2.05) is 6.08 Å². The minimum atomic E-state index is -0.841. The average molecular weight is 1070 g/mol. The normalized spacial score (nSPS) is 12.7. The van der Waals surface area contributed by atoms with Gasteiger partial charge in [0.25, 0.3) is 0 Å². The minimum Gasteiger partial charge on any atom is -0.466 e. The first kappa shape index (κ1) is 74.1. The summed E-state index contributed by atoms with van der Waals surface area (Å²) in [6.45, 7) is 4.86. The van der Waals surface area contributed by atoms with Crippen LogP contribution in [0.3, 0.4) is 0 Å². The molecule has 0 aromatic heterocycles. The van der Waals surface area contributed by atoms with Crippen LogP contribution in [0.2, 0.25) is 0 Å². The van der Waals surface area contributed by atoms with Crippen LogP contribution >= 0.6 is 0 Å². The highest BCUT2D eigenvalue weighted by molar-refractivity contribution is 5.76. The fourth-order valence-corrected chi connectivity index (χ4v) is 10.7. The number of hydrogen-bond donors (Lipinski definition) is 3. The van der Waals surface area contributed by atoms with Crippen LogP contribution < -0.4 is 5.32 Å². The van der Waals surface area contributed by atoms with Crippen LogP contribution in [0.4, 0.5) is 0 Å². The van der Waals surface area contributed by atoms with Gasteiger partial charge >= 0.3 is 5.97 Å². The maximum atomic E-state index is 12.5. The molecule has 0 radical (unpaired) electrons. The van der Waals surface area contributed by atoms with Crippen LogP contribution in [-0.4, -0.2) is 47.4 Å². The molecule has 0 heterocycles. The van der Waals surface area contributed by atoms with Crippen molar-refractivity contribution in [2.75, 3.05) is 13.2 Å². The molecule has 1 amide bonds. The summed E-state index contributed by atoms with van der Waals surface area (Å²) >= 11 is 0. The van der Waals surface area contributed by atoms with Crippen molar-refractivity contribution in [1.82, 2.24) is 5.32 Å². The van der Waals surface area contributed by atoms with Crippen molar-refractivity contribution in [1.29, 1.82) is 0 Å². The lowest BCUT2D eigenvalue weighted by Crippen LogP contribution is -2.45. The Kier molecular flexibility index (Phi) is 63.9. The van der Waals surface area contributed by atoms with Crippen LogP contribution in [0.5, 0.6) is 0 Å². The summed E-state index contributed by atoms with van der Waals surface area (Å²) in [4.78, 5) is 24.5. The number of aliphatic hydroxyl groups is 2. The third-order valence-corrected chi connectivity index (χ3v) is 15.9. The molecule has 0 saturated heterocycles. The molecule has 6 heteroatoms. The number of ether oxygens (including phenoxy) is 1. The molecule has 0 aliphatic rings. The molecule has 0 aromatic carbocycles. The summed E-state index contributed by atoms with van der Waals surface area (Å²) in [5.41, 5.74) is 0. The predicted molar refractivity (Wildman–Crippen MR) is 333 cm³/mol. The van der Waals surface area contributed by atoms with E-state index < -0.39 is 12.1 Å². The van der Waals surface area contributed by atoms with Gasteiger partial charge in [0.2, 0.25) is 5.91 Å². The Morgan fingerprint density at radius 2 is 0.684 bits per heavy atom. The predicted octanol–water partition coefficient (Wildman–Crippen LogP) is 21.9. The zero-order valence-corrected chi connectivity index (χ0v) is 51.3. The van der Waals surface area contributed by atoms with Gasteiger partial charge in [-0.3, -0.25) is 9.59 Å². The van der Waals surface area contributed by atoms with Crippen LogP contribution in [0.15, 0.2) is 36.5 Å². The Morgan fingerprint density at radius 1 is 0.368 bits per heavy atom. The van der Waals surface area contributed by atoms with Crippen molar-refractivity contribution < 1.29 is 24.5 Å². The number of carbonyl (C=O) groups is 2. The van der Waals surface area contributed by atoms with Crippen molar-refractivity contribution in [2.45, 2.75) is 386 Å². The van der Waals surface area contributed by atoms with Crippen LogP contribution in [0.1, 0.15) is 373 Å². The van der Waals surface area contributed by atoms with E-state index in [-0.39, 0.29) is 18.5 Å². The van der Waals surface area contributed by atoms with Crippen molar-refractivity contribution in [3.05, 3.63) is 36.5 Å². The second-order valence-electron chi connectivity index (χ2n) is 23.5. The van der Waals surface area contributed by atoms with E-state index >= 15 is 0 Å². The first-order valence-corrected chi connectivity index (χ1v) is 34.3. The summed E-state index contributed by atoms with van der Waals surface area (Å²) < 4.78 is 5.48. The lowest BCUT2D eigenvalue weighted by molar-refractivity contribution is -0.143. The molecule has 0 bridgehead atoms. The summed E-state index contributed by atoms with van der Waals surface area (Å²) in [6, 6.07) is -0.624. The number of aliphatic hydroxyl groups excluding tert-OH is 2. The molecule has 448 valence electrons. The van der Waals surface area contributed by atoms with E-state index in [0.717, 1.165) is 51.4 Å². The van der Waals surface area contributed by atoms with E-state index in [1.165, 1.54) is 295 Å². The summed E-state index contributed by atoms with van der Waals surface area (Å²) in [6.07, 6.45) is 83.7. The number of rotatable bonds is 64. The lowest BCUT2D eigenvalue weighted by Gasteiger charge is -2.20. The second-order valence-corrected chi connectivity index (χ2v) is 23.5. The average Bonchev–Trinajstić information content (AvgIpc) is 3.42. The summed E-state index contributed by atoms with van der Waals surface area (Å²) in [5.74, 6) is -0.0567. The van der Waals surface area contributed by atoms with Crippen molar-refractivity contribution >= 4 is 11.9 Å². The molecule has 0 spiro atoms. The van der Waals surface area contributed by atoms with Crippen molar-refractivity contribution in [2.24, 2.45) is 0 Å². The fraction of sp³-hybridized carbons (Fsp3) is 0.886. The standard InChI is InChI=1S/C70H133NO5/c1-3-5-7-9-11-13-15-17-35-39-42-46-50-54-58-62-68(73)67(66-72)71-69(74)63-59-55-51-47-43-40-36-33-31-29-27-25-23-21-19-18-20-22-24-26-28-30-32-34-37-41-45-49-53-57-61-65-76-70(75)64-60-56-52-48-44-38-16-14-12-10-8-6-4-2/h8,10,14,16,58,62,67-68,72-73H,3-7,9,11-13,15,17-57,59-61,63-66H2,1-2H3,(H,71,74)/b10-8-,16-14-,62-58+. The van der Waals surface area contributed by atoms with E-state index in [9.17, 15) is 19.8 Å². The van der Waals surface area contributed by atoms with Gasteiger partial charge in [-0.25, -0.2) is 0 Å². The van der Waals surface area contributed by atoms with Gasteiger partial charge in [0.15, 0.2) is 0 Å². The Bertz CT molecular complexity index is 1230. The largest absolute Gasteiger partial charge is 0.466 e. The molecule has 0 aliphatic heterocycles. The van der Waals surface area contributed by atoms with E-state index in [1.54, 1.807) is 6.08 Å². The van der Waals surface area contributed by atoms with Gasteiger partial charge in [-0.1, -0.05) is 339 Å². The fourth-order valence-electron chi connectivity index (χ4n) is 10.7. The maximum Gasteiger partial charge on any atom is 0.305 e. The van der Waals surface area contributed by atoms with Crippen LogP contribution in [-0.2, 0) is 14.3 Å². The Morgan fingerprint density at radius 3 is 1.05 bits per heavy atom. The highest BCUT2D eigenvalue weighted by atomic mass is 16.5. The number of hydrogen-bond acceptors (Lipinski definition) is 5. The van der Waals surface area contributed by atoms with E-state index in [4.69, 9.17) is 4.74 Å². The molecule has 0 fully saturated rings. The van der Waals surface area contributed by atoms with Crippen LogP contribution in [0, 0.1) is 0 Å². The molecule has 0 rings (SSSR count). The number of allylic oxidation sites excluding steroid dienone is 5.